The molecule has 0 bridgehead atoms. The summed E-state index contributed by atoms with van der Waals surface area (Å²) in [4.78, 5) is 14.3. The number of morpholine rings is 1. The van der Waals surface area contributed by atoms with Gasteiger partial charge in [-0.3, -0.25) is 4.79 Å². The van der Waals surface area contributed by atoms with E-state index in [1.807, 2.05) is 29.2 Å². The zero-order valence-electron chi connectivity index (χ0n) is 11.3. The third kappa shape index (κ3) is 3.05. The van der Waals surface area contributed by atoms with E-state index in [1.54, 1.807) is 0 Å². The molecule has 0 spiro atoms. The molecule has 0 aromatic heterocycles. The van der Waals surface area contributed by atoms with Gasteiger partial charge in [-0.2, -0.15) is 0 Å². The van der Waals surface area contributed by atoms with Crippen molar-refractivity contribution < 1.29 is 14.3 Å². The van der Waals surface area contributed by atoms with Gasteiger partial charge in [-0.05, 0) is 30.5 Å². The van der Waals surface area contributed by atoms with E-state index in [9.17, 15) is 4.79 Å². The molecule has 2 fully saturated rings. The van der Waals surface area contributed by atoms with Gasteiger partial charge in [-0.15, -0.1) is 0 Å². The Morgan fingerprint density at radius 1 is 1.20 bits per heavy atom. The molecule has 0 aliphatic carbocycles. The van der Waals surface area contributed by atoms with Crippen LogP contribution in [0.5, 0.6) is 0 Å². The molecule has 0 unspecified atom stereocenters. The number of carbonyl (C=O) groups is 1. The highest BCUT2D eigenvalue weighted by Gasteiger charge is 2.32. The largest absolute Gasteiger partial charge is 0.370 e. The summed E-state index contributed by atoms with van der Waals surface area (Å²) in [5, 5.41) is 0. The fourth-order valence-corrected chi connectivity index (χ4v) is 2.97. The third-order valence-corrected chi connectivity index (χ3v) is 4.35. The van der Waals surface area contributed by atoms with Crippen LogP contribution in [0.2, 0.25) is 0 Å². The number of halogens is 1. The predicted octanol–water partition coefficient (Wildman–Crippen LogP) is 2.53. The second kappa shape index (κ2) is 6.24. The van der Waals surface area contributed by atoms with Crippen LogP contribution in [0.15, 0.2) is 28.7 Å². The number of hydrogen-bond donors (Lipinski definition) is 0. The highest BCUT2D eigenvalue weighted by Crippen LogP contribution is 2.25. The summed E-state index contributed by atoms with van der Waals surface area (Å²) >= 11 is 3.43. The molecule has 108 valence electrons. The molecular weight excluding hydrogens is 322 g/mol. The second-order valence-electron chi connectivity index (χ2n) is 5.20. The number of amides is 1. The number of carbonyl (C=O) groups excluding carboxylic acids is 1. The van der Waals surface area contributed by atoms with Gasteiger partial charge in [-0.1, -0.05) is 28.1 Å². The maximum absolute atomic E-state index is 12.4. The van der Waals surface area contributed by atoms with Crippen LogP contribution in [-0.4, -0.2) is 43.2 Å². The molecule has 2 aliphatic rings. The Bertz CT molecular complexity index is 471. The van der Waals surface area contributed by atoms with Crippen LogP contribution in [0.1, 0.15) is 24.5 Å². The first-order valence-electron chi connectivity index (χ1n) is 7.01. The molecule has 1 amide bonds. The monoisotopic (exact) mass is 339 g/mol. The third-order valence-electron chi connectivity index (χ3n) is 3.83. The molecule has 5 heteroatoms. The molecule has 1 aromatic carbocycles. The van der Waals surface area contributed by atoms with Gasteiger partial charge in [0.15, 0.2) is 0 Å². The summed E-state index contributed by atoms with van der Waals surface area (Å²) in [6.45, 7) is 2.56. The van der Waals surface area contributed by atoms with Gasteiger partial charge in [0, 0.05) is 17.6 Å². The molecule has 2 aliphatic heterocycles. The van der Waals surface area contributed by atoms with E-state index in [4.69, 9.17) is 9.47 Å². The summed E-state index contributed by atoms with van der Waals surface area (Å²) in [6, 6.07) is 8.07. The quantitative estimate of drug-likeness (QED) is 0.831. The Kier molecular flexibility index (Phi) is 4.38. The minimum atomic E-state index is -0.237. The predicted molar refractivity (Wildman–Crippen MR) is 78.4 cm³/mol. The van der Waals surface area contributed by atoms with Crippen LogP contribution >= 0.6 is 15.9 Å². The Morgan fingerprint density at radius 2 is 2.00 bits per heavy atom. The van der Waals surface area contributed by atoms with E-state index in [-0.39, 0.29) is 18.1 Å². The Morgan fingerprint density at radius 3 is 2.70 bits per heavy atom. The summed E-state index contributed by atoms with van der Waals surface area (Å²) in [5.74, 6) is 0.118. The maximum Gasteiger partial charge on any atom is 0.251 e. The molecule has 0 saturated carbocycles. The average molecular weight is 340 g/mol. The topological polar surface area (TPSA) is 38.8 Å². The van der Waals surface area contributed by atoms with Crippen LogP contribution in [0, 0.1) is 0 Å². The first kappa shape index (κ1) is 14.0. The minimum absolute atomic E-state index is 0.0396. The zero-order chi connectivity index (χ0) is 13.9. The zero-order valence-corrected chi connectivity index (χ0v) is 12.8. The van der Waals surface area contributed by atoms with Gasteiger partial charge in [0.1, 0.15) is 12.2 Å². The molecule has 2 heterocycles. The summed E-state index contributed by atoms with van der Waals surface area (Å²) in [5.41, 5.74) is 1.11. The van der Waals surface area contributed by atoms with Gasteiger partial charge in [0.05, 0.1) is 13.2 Å². The second-order valence-corrected chi connectivity index (χ2v) is 6.11. The number of rotatable bonds is 2. The molecule has 1 aromatic rings. The van der Waals surface area contributed by atoms with Crippen LogP contribution in [0.25, 0.3) is 0 Å². The first-order valence-corrected chi connectivity index (χ1v) is 7.81. The molecule has 4 nitrogen and oxygen atoms in total. The van der Waals surface area contributed by atoms with Crippen molar-refractivity contribution in [3.05, 3.63) is 34.3 Å². The van der Waals surface area contributed by atoms with Gasteiger partial charge >= 0.3 is 0 Å². The van der Waals surface area contributed by atoms with E-state index >= 15 is 0 Å². The molecular formula is C15H18BrNO3. The smallest absolute Gasteiger partial charge is 0.251 e. The standard InChI is InChI=1S/C15H18BrNO3/c16-12-5-3-11(4-6-12)14-10-17(7-9-20-14)15(18)13-2-1-8-19-13/h3-6,13-14H,1-2,7-10H2/t13-,14+/m1/s1. The van der Waals surface area contributed by atoms with Crippen molar-refractivity contribution in [2.45, 2.75) is 25.0 Å². The summed E-state index contributed by atoms with van der Waals surface area (Å²) < 4.78 is 12.3. The highest BCUT2D eigenvalue weighted by atomic mass is 79.9. The summed E-state index contributed by atoms with van der Waals surface area (Å²) in [6.07, 6.45) is 1.55. The lowest BCUT2D eigenvalue weighted by atomic mass is 10.1. The number of nitrogens with zero attached hydrogens (tertiary/aromatic N) is 1. The lowest BCUT2D eigenvalue weighted by Gasteiger charge is -2.34. The average Bonchev–Trinajstić information content (AvgIpc) is 3.01. The van der Waals surface area contributed by atoms with Crippen LogP contribution in [-0.2, 0) is 14.3 Å². The van der Waals surface area contributed by atoms with Gasteiger partial charge in [0.2, 0.25) is 0 Å². The maximum atomic E-state index is 12.4. The summed E-state index contributed by atoms with van der Waals surface area (Å²) in [7, 11) is 0. The first-order chi connectivity index (χ1) is 9.74. The molecule has 0 radical (unpaired) electrons. The fourth-order valence-electron chi connectivity index (χ4n) is 2.70. The van der Waals surface area contributed by atoms with Gasteiger partial charge in [-0.25, -0.2) is 0 Å². The Hall–Kier alpha value is -0.910. The molecule has 2 saturated heterocycles. The van der Waals surface area contributed by atoms with Crippen molar-refractivity contribution in [1.29, 1.82) is 0 Å². The van der Waals surface area contributed by atoms with E-state index < -0.39 is 0 Å². The molecule has 20 heavy (non-hydrogen) atoms. The van der Waals surface area contributed by atoms with Gasteiger partial charge < -0.3 is 14.4 Å². The molecule has 2 atom stereocenters. The van der Waals surface area contributed by atoms with Crippen LogP contribution in [0.3, 0.4) is 0 Å². The normalized spacial score (nSPS) is 26.8. The van der Waals surface area contributed by atoms with Crippen molar-refractivity contribution in [1.82, 2.24) is 4.90 Å². The van der Waals surface area contributed by atoms with E-state index in [0.29, 0.717) is 26.3 Å². The van der Waals surface area contributed by atoms with Crippen molar-refractivity contribution in [3.8, 4) is 0 Å². The number of hydrogen-bond acceptors (Lipinski definition) is 3. The van der Waals surface area contributed by atoms with Crippen molar-refractivity contribution in [2.75, 3.05) is 26.3 Å². The number of benzene rings is 1. The van der Waals surface area contributed by atoms with E-state index in [1.165, 1.54) is 0 Å². The van der Waals surface area contributed by atoms with Crippen molar-refractivity contribution in [2.24, 2.45) is 0 Å². The van der Waals surface area contributed by atoms with Crippen LogP contribution < -0.4 is 0 Å². The fraction of sp³-hybridized carbons (Fsp3) is 0.533. The highest BCUT2D eigenvalue weighted by molar-refractivity contribution is 9.10. The lowest BCUT2D eigenvalue weighted by Crippen LogP contribution is -2.46. The lowest BCUT2D eigenvalue weighted by molar-refractivity contribution is -0.148. The van der Waals surface area contributed by atoms with Crippen molar-refractivity contribution in [3.63, 3.8) is 0 Å². The Labute approximate surface area is 127 Å². The van der Waals surface area contributed by atoms with Crippen molar-refractivity contribution >= 4 is 21.8 Å². The van der Waals surface area contributed by atoms with Crippen LogP contribution in [0.4, 0.5) is 0 Å². The van der Waals surface area contributed by atoms with E-state index in [2.05, 4.69) is 15.9 Å². The Balaban J connectivity index is 1.66. The molecule has 0 N–H and O–H groups in total. The SMILES string of the molecule is O=C([C@H]1CCCO1)N1CCO[C@H](c2ccc(Br)cc2)C1. The minimum Gasteiger partial charge on any atom is -0.370 e. The van der Waals surface area contributed by atoms with Gasteiger partial charge in [0.25, 0.3) is 5.91 Å². The molecule has 3 rings (SSSR count). The number of ether oxygens (including phenoxy) is 2. The van der Waals surface area contributed by atoms with E-state index in [0.717, 1.165) is 22.9 Å².